The summed E-state index contributed by atoms with van der Waals surface area (Å²) in [4.78, 5) is 43.7. The molecule has 11 heteroatoms. The van der Waals surface area contributed by atoms with E-state index in [4.69, 9.17) is 4.74 Å². The third-order valence-corrected chi connectivity index (χ3v) is 6.66. The van der Waals surface area contributed by atoms with E-state index in [2.05, 4.69) is 4.99 Å². The quantitative estimate of drug-likeness (QED) is 0.389. The Morgan fingerprint density at radius 2 is 2.00 bits per heavy atom. The summed E-state index contributed by atoms with van der Waals surface area (Å²) in [6.07, 6.45) is 1.60. The van der Waals surface area contributed by atoms with E-state index >= 15 is 0 Å². The minimum Gasteiger partial charge on any atom is -0.478 e. The molecular formula is C23H22N4O6S. The highest BCUT2D eigenvalue weighted by Crippen LogP contribution is 2.36. The van der Waals surface area contributed by atoms with Gasteiger partial charge in [0.05, 0.1) is 34.3 Å². The fraction of sp³-hybridized carbons (Fsp3) is 0.261. The Morgan fingerprint density at radius 1 is 1.26 bits per heavy atom. The lowest BCUT2D eigenvalue weighted by molar-refractivity contribution is -0.384. The van der Waals surface area contributed by atoms with Crippen LogP contribution in [0, 0.1) is 17.0 Å². The van der Waals surface area contributed by atoms with Gasteiger partial charge in [0.1, 0.15) is 5.69 Å². The van der Waals surface area contributed by atoms with Crippen LogP contribution in [0.2, 0.25) is 0 Å². The van der Waals surface area contributed by atoms with Crippen LogP contribution >= 0.6 is 11.8 Å². The van der Waals surface area contributed by atoms with E-state index in [-0.39, 0.29) is 17.2 Å². The minimum absolute atomic E-state index is 0.0324. The number of carboxylic acid groups (broad SMARTS) is 1. The summed E-state index contributed by atoms with van der Waals surface area (Å²) < 4.78 is 5.33. The second-order valence-corrected chi connectivity index (χ2v) is 8.74. The van der Waals surface area contributed by atoms with Gasteiger partial charge in [-0.3, -0.25) is 19.8 Å². The number of thioether (sulfide) groups is 1. The number of nitrogens with zero attached hydrogens (tertiary/aromatic N) is 4. The molecule has 2 heterocycles. The van der Waals surface area contributed by atoms with Crippen molar-refractivity contribution < 1.29 is 24.4 Å². The van der Waals surface area contributed by atoms with Gasteiger partial charge < -0.3 is 14.7 Å². The van der Waals surface area contributed by atoms with Crippen LogP contribution in [-0.4, -0.2) is 65.3 Å². The normalized spacial score (nSPS) is 18.7. The van der Waals surface area contributed by atoms with Gasteiger partial charge in [-0.25, -0.2) is 9.79 Å². The first-order valence-corrected chi connectivity index (χ1v) is 11.3. The van der Waals surface area contributed by atoms with E-state index in [0.29, 0.717) is 58.9 Å². The zero-order valence-electron chi connectivity index (χ0n) is 18.6. The molecule has 2 saturated heterocycles. The van der Waals surface area contributed by atoms with Crippen LogP contribution in [0.3, 0.4) is 0 Å². The molecule has 0 spiro atoms. The molecule has 34 heavy (non-hydrogen) atoms. The van der Waals surface area contributed by atoms with E-state index < -0.39 is 10.9 Å². The standard InChI is InChI=1S/C23H22N4O6S/c1-14-16(22(29)30)4-3-5-17(14)24-23-25(2)21(28)20(34-23)13-15-6-7-18(19(12-15)27(31)32)26-8-10-33-11-9-26/h3-7,12-13H,8-11H2,1-2H3,(H,29,30)/b20-13-,24-23?. The lowest BCUT2D eigenvalue weighted by Crippen LogP contribution is -2.36. The zero-order valence-corrected chi connectivity index (χ0v) is 19.4. The summed E-state index contributed by atoms with van der Waals surface area (Å²) in [5, 5.41) is 21.4. The molecule has 0 unspecified atom stereocenters. The van der Waals surface area contributed by atoms with E-state index in [1.807, 2.05) is 4.90 Å². The summed E-state index contributed by atoms with van der Waals surface area (Å²) >= 11 is 1.13. The number of anilines is 1. The van der Waals surface area contributed by atoms with Gasteiger partial charge in [0.15, 0.2) is 5.17 Å². The predicted molar refractivity (Wildman–Crippen MR) is 130 cm³/mol. The molecule has 0 saturated carbocycles. The molecule has 2 fully saturated rings. The maximum absolute atomic E-state index is 12.8. The summed E-state index contributed by atoms with van der Waals surface area (Å²) in [7, 11) is 1.58. The lowest BCUT2D eigenvalue weighted by atomic mass is 10.1. The molecule has 0 atom stereocenters. The number of morpholine rings is 1. The molecule has 2 aliphatic heterocycles. The van der Waals surface area contributed by atoms with Gasteiger partial charge in [-0.15, -0.1) is 0 Å². The Kier molecular flexibility index (Phi) is 6.66. The molecule has 1 N–H and O–H groups in total. The Morgan fingerprint density at radius 3 is 2.68 bits per heavy atom. The minimum atomic E-state index is -1.05. The molecule has 4 rings (SSSR count). The Labute approximate surface area is 199 Å². The zero-order chi connectivity index (χ0) is 24.4. The third-order valence-electron chi connectivity index (χ3n) is 5.60. The van der Waals surface area contributed by atoms with Crippen molar-refractivity contribution in [3.05, 3.63) is 68.1 Å². The van der Waals surface area contributed by atoms with Crippen molar-refractivity contribution in [1.29, 1.82) is 0 Å². The van der Waals surface area contributed by atoms with Gasteiger partial charge in [0.2, 0.25) is 0 Å². The molecule has 2 aliphatic rings. The van der Waals surface area contributed by atoms with Crippen molar-refractivity contribution in [2.24, 2.45) is 4.99 Å². The summed E-state index contributed by atoms with van der Waals surface area (Å²) in [6.45, 7) is 3.83. The van der Waals surface area contributed by atoms with Crippen LogP contribution < -0.4 is 4.90 Å². The Bertz CT molecular complexity index is 1240. The van der Waals surface area contributed by atoms with Gasteiger partial charge in [0, 0.05) is 26.2 Å². The molecule has 0 radical (unpaired) electrons. The highest BCUT2D eigenvalue weighted by molar-refractivity contribution is 8.18. The molecule has 0 aromatic heterocycles. The van der Waals surface area contributed by atoms with E-state index in [1.54, 1.807) is 44.3 Å². The number of aromatic carboxylic acids is 1. The maximum Gasteiger partial charge on any atom is 0.336 e. The fourth-order valence-corrected chi connectivity index (χ4v) is 4.71. The van der Waals surface area contributed by atoms with Crippen molar-refractivity contribution in [1.82, 2.24) is 4.90 Å². The first-order valence-electron chi connectivity index (χ1n) is 10.5. The number of carbonyl (C=O) groups excluding carboxylic acids is 1. The van der Waals surface area contributed by atoms with Crippen molar-refractivity contribution >= 4 is 51.9 Å². The van der Waals surface area contributed by atoms with Crippen LogP contribution in [0.4, 0.5) is 17.1 Å². The average Bonchev–Trinajstić information content (AvgIpc) is 3.08. The lowest BCUT2D eigenvalue weighted by Gasteiger charge is -2.28. The van der Waals surface area contributed by atoms with Crippen molar-refractivity contribution in [3.8, 4) is 0 Å². The average molecular weight is 483 g/mol. The van der Waals surface area contributed by atoms with E-state index in [9.17, 15) is 24.8 Å². The van der Waals surface area contributed by atoms with Crippen LogP contribution in [0.25, 0.3) is 6.08 Å². The number of likely N-dealkylation sites (N-methyl/N-ethyl adjacent to an activating group) is 1. The summed E-state index contributed by atoms with van der Waals surface area (Å²) in [5.41, 5.74) is 2.11. The van der Waals surface area contributed by atoms with E-state index in [1.165, 1.54) is 17.0 Å². The third kappa shape index (κ3) is 4.66. The molecule has 2 aromatic rings. The number of carbonyl (C=O) groups is 2. The Hall–Kier alpha value is -3.70. The van der Waals surface area contributed by atoms with Crippen molar-refractivity contribution in [2.75, 3.05) is 38.3 Å². The number of amides is 1. The Balaban J connectivity index is 1.64. The highest BCUT2D eigenvalue weighted by atomic mass is 32.2. The maximum atomic E-state index is 12.8. The van der Waals surface area contributed by atoms with Gasteiger partial charge in [-0.05, 0) is 54.1 Å². The molecule has 176 valence electrons. The van der Waals surface area contributed by atoms with Gasteiger partial charge >= 0.3 is 5.97 Å². The number of benzene rings is 2. The van der Waals surface area contributed by atoms with Gasteiger partial charge in [0.25, 0.3) is 11.6 Å². The number of amidine groups is 1. The first-order chi connectivity index (χ1) is 16.3. The second-order valence-electron chi connectivity index (χ2n) is 7.73. The first kappa shape index (κ1) is 23.5. The van der Waals surface area contributed by atoms with Crippen molar-refractivity contribution in [3.63, 3.8) is 0 Å². The number of nitro groups is 1. The summed E-state index contributed by atoms with van der Waals surface area (Å²) in [5.74, 6) is -1.35. The van der Waals surface area contributed by atoms with Crippen LogP contribution in [0.5, 0.6) is 0 Å². The number of rotatable bonds is 5. The molecule has 0 aliphatic carbocycles. The van der Waals surface area contributed by atoms with Crippen LogP contribution in [-0.2, 0) is 9.53 Å². The highest BCUT2D eigenvalue weighted by Gasteiger charge is 2.31. The number of carboxylic acids is 1. The topological polar surface area (TPSA) is 126 Å². The smallest absolute Gasteiger partial charge is 0.336 e. The number of nitro benzene ring substituents is 1. The molecule has 0 bridgehead atoms. The summed E-state index contributed by atoms with van der Waals surface area (Å²) in [6, 6.07) is 9.68. The molecular weight excluding hydrogens is 460 g/mol. The van der Waals surface area contributed by atoms with E-state index in [0.717, 1.165) is 11.8 Å². The number of aliphatic imine (C=N–C) groups is 1. The van der Waals surface area contributed by atoms with Crippen LogP contribution in [0.1, 0.15) is 21.5 Å². The van der Waals surface area contributed by atoms with Crippen LogP contribution in [0.15, 0.2) is 46.3 Å². The fourth-order valence-electron chi connectivity index (χ4n) is 3.73. The van der Waals surface area contributed by atoms with Gasteiger partial charge in [-0.2, -0.15) is 0 Å². The predicted octanol–water partition coefficient (Wildman–Crippen LogP) is 3.67. The number of hydrogen-bond acceptors (Lipinski definition) is 8. The number of ether oxygens (including phenoxy) is 1. The number of hydrogen-bond donors (Lipinski definition) is 1. The SMILES string of the molecule is Cc1c(N=C2S/C(=C\c3ccc(N4CCOCC4)c([N+](=O)[O-])c3)C(=O)N2C)cccc1C(=O)O. The molecule has 10 nitrogen and oxygen atoms in total. The molecule has 2 aromatic carbocycles. The monoisotopic (exact) mass is 482 g/mol. The van der Waals surface area contributed by atoms with Crippen molar-refractivity contribution in [2.45, 2.75) is 6.92 Å². The second kappa shape index (κ2) is 9.65. The van der Waals surface area contributed by atoms with Gasteiger partial charge in [-0.1, -0.05) is 12.1 Å². The molecule has 1 amide bonds. The largest absolute Gasteiger partial charge is 0.478 e.